The van der Waals surface area contributed by atoms with E-state index < -0.39 is 0 Å². The number of benzene rings is 1. The zero-order valence-corrected chi connectivity index (χ0v) is 17.7. The highest BCUT2D eigenvalue weighted by molar-refractivity contribution is 14.0. The summed E-state index contributed by atoms with van der Waals surface area (Å²) in [5.41, 5.74) is 3.05. The van der Waals surface area contributed by atoms with E-state index in [2.05, 4.69) is 20.6 Å². The molecule has 0 bridgehead atoms. The second kappa shape index (κ2) is 11.7. The van der Waals surface area contributed by atoms with Crippen LogP contribution in [-0.2, 0) is 13.0 Å². The first-order valence-electron chi connectivity index (χ1n) is 8.40. The van der Waals surface area contributed by atoms with Crippen LogP contribution in [0.1, 0.15) is 23.6 Å². The van der Waals surface area contributed by atoms with Gasteiger partial charge in [0.15, 0.2) is 5.96 Å². The van der Waals surface area contributed by atoms with Gasteiger partial charge in [0.1, 0.15) is 5.82 Å². The summed E-state index contributed by atoms with van der Waals surface area (Å²) < 4.78 is 18.7. The summed E-state index contributed by atoms with van der Waals surface area (Å²) in [6.45, 7) is 5.71. The van der Waals surface area contributed by atoms with Crippen LogP contribution in [0.25, 0.3) is 0 Å². The third kappa shape index (κ3) is 6.78. The molecule has 2 N–H and O–H groups in total. The molecular weight excluding hydrogens is 446 g/mol. The number of ether oxygens (including phenoxy) is 1. The van der Waals surface area contributed by atoms with E-state index in [4.69, 9.17) is 4.74 Å². The Kier molecular flexibility index (Phi) is 9.93. The molecule has 0 aliphatic heterocycles. The Labute approximate surface area is 171 Å². The highest BCUT2D eigenvalue weighted by Gasteiger charge is 2.06. The molecule has 26 heavy (non-hydrogen) atoms. The van der Waals surface area contributed by atoms with E-state index in [1.807, 2.05) is 32.0 Å². The lowest BCUT2D eigenvalue weighted by Crippen LogP contribution is -2.38. The first-order valence-corrected chi connectivity index (χ1v) is 8.40. The molecule has 7 heteroatoms. The van der Waals surface area contributed by atoms with Gasteiger partial charge in [0.05, 0.1) is 6.61 Å². The fraction of sp³-hybridized carbons (Fsp3) is 0.368. The first kappa shape index (κ1) is 22.1. The van der Waals surface area contributed by atoms with E-state index in [9.17, 15) is 4.39 Å². The largest absolute Gasteiger partial charge is 0.478 e. The Morgan fingerprint density at radius 3 is 2.73 bits per heavy atom. The number of aryl methyl sites for hydroxylation is 1. The van der Waals surface area contributed by atoms with E-state index in [1.165, 1.54) is 6.07 Å². The maximum Gasteiger partial charge on any atom is 0.218 e. The van der Waals surface area contributed by atoms with Gasteiger partial charge in [-0.25, -0.2) is 9.37 Å². The summed E-state index contributed by atoms with van der Waals surface area (Å²) in [6, 6.07) is 8.73. The van der Waals surface area contributed by atoms with Crippen molar-refractivity contribution in [1.29, 1.82) is 0 Å². The van der Waals surface area contributed by atoms with Crippen molar-refractivity contribution in [3.63, 3.8) is 0 Å². The second-order valence-electron chi connectivity index (χ2n) is 5.57. The third-order valence-electron chi connectivity index (χ3n) is 3.79. The lowest BCUT2D eigenvalue weighted by Gasteiger charge is -2.14. The summed E-state index contributed by atoms with van der Waals surface area (Å²) in [5, 5.41) is 6.52. The van der Waals surface area contributed by atoms with E-state index in [0.717, 1.165) is 23.1 Å². The van der Waals surface area contributed by atoms with Gasteiger partial charge in [-0.3, -0.25) is 4.99 Å². The maximum atomic E-state index is 13.1. The highest BCUT2D eigenvalue weighted by atomic mass is 127. The van der Waals surface area contributed by atoms with Crippen molar-refractivity contribution in [2.24, 2.45) is 4.99 Å². The quantitative estimate of drug-likeness (QED) is 0.368. The Morgan fingerprint density at radius 2 is 2.04 bits per heavy atom. The van der Waals surface area contributed by atoms with Crippen molar-refractivity contribution in [3.05, 3.63) is 59.0 Å². The van der Waals surface area contributed by atoms with Crippen molar-refractivity contribution in [2.75, 3.05) is 20.2 Å². The van der Waals surface area contributed by atoms with E-state index in [0.29, 0.717) is 31.5 Å². The number of nitrogens with zero attached hydrogens (tertiary/aromatic N) is 2. The molecular formula is C19H26FIN4O. The summed E-state index contributed by atoms with van der Waals surface area (Å²) >= 11 is 0. The number of guanidine groups is 1. The highest BCUT2D eigenvalue weighted by Crippen LogP contribution is 2.13. The minimum Gasteiger partial charge on any atom is -0.478 e. The van der Waals surface area contributed by atoms with Gasteiger partial charge in [0.25, 0.3) is 0 Å². The third-order valence-corrected chi connectivity index (χ3v) is 3.79. The van der Waals surface area contributed by atoms with Crippen LogP contribution in [-0.4, -0.2) is 31.1 Å². The number of hydrogen-bond donors (Lipinski definition) is 2. The topological polar surface area (TPSA) is 58.5 Å². The first-order chi connectivity index (χ1) is 12.1. The predicted octanol–water partition coefficient (Wildman–Crippen LogP) is 3.45. The van der Waals surface area contributed by atoms with Gasteiger partial charge in [-0.2, -0.15) is 0 Å². The van der Waals surface area contributed by atoms with Gasteiger partial charge in [-0.1, -0.05) is 12.1 Å². The number of nitrogens with one attached hydrogen (secondary N) is 2. The minimum atomic E-state index is -0.201. The van der Waals surface area contributed by atoms with Crippen LogP contribution < -0.4 is 15.4 Å². The van der Waals surface area contributed by atoms with Crippen LogP contribution >= 0.6 is 24.0 Å². The molecule has 1 aromatic heterocycles. The summed E-state index contributed by atoms with van der Waals surface area (Å²) in [7, 11) is 1.73. The SMILES string of the molecule is CCOc1ncccc1CNC(=NC)NCCc1ccc(F)cc1C.I. The van der Waals surface area contributed by atoms with Crippen LogP contribution in [0.15, 0.2) is 41.5 Å². The van der Waals surface area contributed by atoms with Crippen LogP contribution in [0.2, 0.25) is 0 Å². The number of hydrogen-bond acceptors (Lipinski definition) is 3. The Bertz CT molecular complexity index is 724. The molecule has 0 radical (unpaired) electrons. The van der Waals surface area contributed by atoms with Crippen molar-refractivity contribution in [2.45, 2.75) is 26.8 Å². The second-order valence-corrected chi connectivity index (χ2v) is 5.57. The predicted molar refractivity (Wildman–Crippen MR) is 114 cm³/mol. The molecule has 0 unspecified atom stereocenters. The van der Waals surface area contributed by atoms with Crippen molar-refractivity contribution >= 4 is 29.9 Å². The minimum absolute atomic E-state index is 0. The van der Waals surface area contributed by atoms with Gasteiger partial charge in [0.2, 0.25) is 5.88 Å². The fourth-order valence-electron chi connectivity index (χ4n) is 2.48. The molecule has 0 aliphatic carbocycles. The standard InChI is InChI=1S/C19H25FN4O.HI/c1-4-25-18-16(6-5-10-22-18)13-24-19(21-3)23-11-9-15-7-8-17(20)12-14(15)2;/h5-8,10,12H,4,9,11,13H2,1-3H3,(H2,21,23,24);1H. The smallest absolute Gasteiger partial charge is 0.218 e. The average Bonchev–Trinajstić information content (AvgIpc) is 2.61. The van der Waals surface area contributed by atoms with Crippen LogP contribution in [0, 0.1) is 12.7 Å². The molecule has 0 saturated heterocycles. The van der Waals surface area contributed by atoms with Crippen molar-refractivity contribution < 1.29 is 9.13 Å². The molecule has 0 atom stereocenters. The zero-order chi connectivity index (χ0) is 18.1. The number of pyridine rings is 1. The van der Waals surface area contributed by atoms with E-state index >= 15 is 0 Å². The summed E-state index contributed by atoms with van der Waals surface area (Å²) in [6.07, 6.45) is 2.51. The molecule has 2 rings (SSSR count). The van der Waals surface area contributed by atoms with Crippen molar-refractivity contribution in [3.8, 4) is 5.88 Å². The molecule has 0 amide bonds. The van der Waals surface area contributed by atoms with E-state index in [-0.39, 0.29) is 29.8 Å². The fourth-order valence-corrected chi connectivity index (χ4v) is 2.48. The summed E-state index contributed by atoms with van der Waals surface area (Å²) in [5.74, 6) is 1.13. The number of rotatable bonds is 7. The number of halogens is 2. The van der Waals surface area contributed by atoms with Gasteiger partial charge in [0, 0.05) is 31.9 Å². The average molecular weight is 472 g/mol. The van der Waals surface area contributed by atoms with Gasteiger partial charge in [-0.15, -0.1) is 24.0 Å². The normalized spacial score (nSPS) is 10.8. The molecule has 0 saturated carbocycles. The summed E-state index contributed by atoms with van der Waals surface area (Å²) in [4.78, 5) is 8.46. The number of aromatic nitrogens is 1. The van der Waals surface area contributed by atoms with Gasteiger partial charge in [-0.05, 0) is 49.6 Å². The van der Waals surface area contributed by atoms with Crippen LogP contribution in [0.4, 0.5) is 4.39 Å². The molecule has 2 aromatic rings. The van der Waals surface area contributed by atoms with Gasteiger partial charge < -0.3 is 15.4 Å². The molecule has 0 aliphatic rings. The van der Waals surface area contributed by atoms with Crippen LogP contribution in [0.5, 0.6) is 5.88 Å². The number of aliphatic imine (C=N–C) groups is 1. The zero-order valence-electron chi connectivity index (χ0n) is 15.4. The van der Waals surface area contributed by atoms with Crippen LogP contribution in [0.3, 0.4) is 0 Å². The molecule has 0 fully saturated rings. The molecule has 5 nitrogen and oxygen atoms in total. The van der Waals surface area contributed by atoms with Crippen molar-refractivity contribution in [1.82, 2.24) is 15.6 Å². The van der Waals surface area contributed by atoms with Gasteiger partial charge >= 0.3 is 0 Å². The lowest BCUT2D eigenvalue weighted by molar-refractivity contribution is 0.322. The lowest BCUT2D eigenvalue weighted by atomic mass is 10.1. The van der Waals surface area contributed by atoms with E-state index in [1.54, 1.807) is 19.3 Å². The Balaban J connectivity index is 0.00000338. The molecule has 1 aromatic carbocycles. The maximum absolute atomic E-state index is 13.1. The Morgan fingerprint density at radius 1 is 1.23 bits per heavy atom. The Hall–Kier alpha value is -1.90. The molecule has 1 heterocycles. The molecule has 0 spiro atoms. The monoisotopic (exact) mass is 472 g/mol. The molecule has 142 valence electrons.